The molecule has 0 aromatic heterocycles. The van der Waals surface area contributed by atoms with Crippen LogP contribution in [-0.4, -0.2) is 22.4 Å². The van der Waals surface area contributed by atoms with Crippen molar-refractivity contribution in [1.29, 1.82) is 0 Å². The fraction of sp³-hybridized carbons (Fsp3) is 0.318. The van der Waals surface area contributed by atoms with E-state index in [1.165, 1.54) is 24.6 Å². The van der Waals surface area contributed by atoms with E-state index in [1.807, 2.05) is 12.1 Å². The van der Waals surface area contributed by atoms with Gasteiger partial charge >= 0.3 is 0 Å². The summed E-state index contributed by atoms with van der Waals surface area (Å²) in [6.45, 7) is 1.71. The molecule has 8 heteroatoms. The van der Waals surface area contributed by atoms with E-state index in [9.17, 15) is 19.7 Å². The Hall–Kier alpha value is -3.55. The molecule has 0 radical (unpaired) electrons. The number of carbonyl (C=O) groups excluding carboxylic acids is 2. The van der Waals surface area contributed by atoms with Crippen molar-refractivity contribution in [3.8, 4) is 0 Å². The maximum atomic E-state index is 12.5. The van der Waals surface area contributed by atoms with Gasteiger partial charge in [0.1, 0.15) is 5.56 Å². The lowest BCUT2D eigenvalue weighted by atomic mass is 9.88. The zero-order chi connectivity index (χ0) is 21.5. The molecule has 2 amide bonds. The average molecular weight is 408 g/mol. The van der Waals surface area contributed by atoms with Gasteiger partial charge in [0.05, 0.1) is 10.6 Å². The first-order valence-corrected chi connectivity index (χ1v) is 9.95. The van der Waals surface area contributed by atoms with Gasteiger partial charge in [-0.3, -0.25) is 19.7 Å². The second-order valence-corrected chi connectivity index (χ2v) is 7.32. The van der Waals surface area contributed by atoms with Crippen LogP contribution in [0.3, 0.4) is 0 Å². The van der Waals surface area contributed by atoms with Gasteiger partial charge in [-0.2, -0.15) is 5.10 Å². The SMILES string of the molecule is CC(=NNC(=O)c1ccccc1[N+](=O)[O-])c1cccc(NC(=O)C2CCCCC2)c1. The van der Waals surface area contributed by atoms with Gasteiger partial charge in [-0.15, -0.1) is 0 Å². The number of amides is 2. The third-order valence-electron chi connectivity index (χ3n) is 5.19. The van der Waals surface area contributed by atoms with Gasteiger partial charge < -0.3 is 5.32 Å². The summed E-state index contributed by atoms with van der Waals surface area (Å²) >= 11 is 0. The molecule has 1 saturated carbocycles. The van der Waals surface area contributed by atoms with Gasteiger partial charge in [0.15, 0.2) is 0 Å². The van der Waals surface area contributed by atoms with E-state index in [1.54, 1.807) is 25.1 Å². The van der Waals surface area contributed by atoms with Crippen LogP contribution in [0.4, 0.5) is 11.4 Å². The number of para-hydroxylation sites is 1. The quantitative estimate of drug-likeness (QED) is 0.422. The zero-order valence-corrected chi connectivity index (χ0v) is 16.8. The van der Waals surface area contributed by atoms with Crippen molar-refractivity contribution in [1.82, 2.24) is 5.43 Å². The van der Waals surface area contributed by atoms with Crippen molar-refractivity contribution in [2.24, 2.45) is 11.0 Å². The highest BCUT2D eigenvalue weighted by atomic mass is 16.6. The van der Waals surface area contributed by atoms with Crippen molar-refractivity contribution >= 4 is 28.9 Å². The normalized spacial score (nSPS) is 14.8. The number of benzene rings is 2. The molecule has 1 aliphatic rings. The number of hydrogen-bond donors (Lipinski definition) is 2. The predicted molar refractivity (Wildman–Crippen MR) is 114 cm³/mol. The minimum atomic E-state index is -0.664. The summed E-state index contributed by atoms with van der Waals surface area (Å²) in [6, 6.07) is 12.9. The van der Waals surface area contributed by atoms with Gasteiger partial charge in [-0.1, -0.05) is 43.5 Å². The first kappa shape index (κ1) is 21.2. The zero-order valence-electron chi connectivity index (χ0n) is 16.8. The lowest BCUT2D eigenvalue weighted by Crippen LogP contribution is -2.24. The van der Waals surface area contributed by atoms with E-state index < -0.39 is 10.8 Å². The number of hydrogen-bond acceptors (Lipinski definition) is 5. The molecular weight excluding hydrogens is 384 g/mol. The van der Waals surface area contributed by atoms with E-state index in [0.29, 0.717) is 11.4 Å². The number of nitro benzene ring substituents is 1. The number of rotatable bonds is 6. The monoisotopic (exact) mass is 408 g/mol. The molecule has 30 heavy (non-hydrogen) atoms. The van der Waals surface area contributed by atoms with Crippen molar-refractivity contribution in [3.05, 3.63) is 69.8 Å². The first-order valence-electron chi connectivity index (χ1n) is 9.95. The molecular formula is C22H24N4O4. The third kappa shape index (κ3) is 5.28. The number of hydrazone groups is 1. The van der Waals surface area contributed by atoms with Gasteiger partial charge in [-0.25, -0.2) is 5.43 Å². The van der Waals surface area contributed by atoms with E-state index >= 15 is 0 Å². The molecule has 0 atom stereocenters. The van der Waals surface area contributed by atoms with E-state index in [-0.39, 0.29) is 23.1 Å². The fourth-order valence-electron chi connectivity index (χ4n) is 3.52. The van der Waals surface area contributed by atoms with E-state index in [0.717, 1.165) is 31.2 Å². The molecule has 2 N–H and O–H groups in total. The van der Waals surface area contributed by atoms with Crippen LogP contribution >= 0.6 is 0 Å². The van der Waals surface area contributed by atoms with Crippen molar-refractivity contribution in [3.63, 3.8) is 0 Å². The Labute approximate surface area is 174 Å². The van der Waals surface area contributed by atoms with Crippen LogP contribution in [0.15, 0.2) is 53.6 Å². The summed E-state index contributed by atoms with van der Waals surface area (Å²) in [5, 5.41) is 18.1. The van der Waals surface area contributed by atoms with E-state index in [4.69, 9.17) is 0 Å². The van der Waals surface area contributed by atoms with Gasteiger partial charge in [-0.05, 0) is 43.5 Å². The fourth-order valence-corrected chi connectivity index (χ4v) is 3.52. The van der Waals surface area contributed by atoms with Crippen LogP contribution in [0.25, 0.3) is 0 Å². The molecule has 2 aromatic carbocycles. The highest BCUT2D eigenvalue weighted by molar-refractivity contribution is 6.03. The van der Waals surface area contributed by atoms with Crippen molar-refractivity contribution in [2.45, 2.75) is 39.0 Å². The number of anilines is 1. The van der Waals surface area contributed by atoms with Crippen molar-refractivity contribution < 1.29 is 14.5 Å². The summed E-state index contributed by atoms with van der Waals surface area (Å²) in [7, 11) is 0. The summed E-state index contributed by atoms with van der Waals surface area (Å²) in [5.41, 5.74) is 3.92. The summed E-state index contributed by atoms with van der Waals surface area (Å²) in [4.78, 5) is 35.2. The van der Waals surface area contributed by atoms with Crippen LogP contribution in [-0.2, 0) is 4.79 Å². The number of nitro groups is 1. The highest BCUT2D eigenvalue weighted by Crippen LogP contribution is 2.25. The molecule has 0 aliphatic heterocycles. The summed E-state index contributed by atoms with van der Waals surface area (Å²) in [5.74, 6) is -0.576. The highest BCUT2D eigenvalue weighted by Gasteiger charge is 2.21. The molecule has 3 rings (SSSR count). The summed E-state index contributed by atoms with van der Waals surface area (Å²) in [6.07, 6.45) is 5.20. The Morgan fingerprint density at radius 1 is 1.07 bits per heavy atom. The largest absolute Gasteiger partial charge is 0.326 e. The molecule has 1 fully saturated rings. The maximum Gasteiger partial charge on any atom is 0.282 e. The molecule has 2 aromatic rings. The van der Waals surface area contributed by atoms with Crippen LogP contribution in [0.1, 0.15) is 54.9 Å². The van der Waals surface area contributed by atoms with Crippen LogP contribution in [0.5, 0.6) is 0 Å². The molecule has 1 aliphatic carbocycles. The molecule has 0 heterocycles. The third-order valence-corrected chi connectivity index (χ3v) is 5.19. The Morgan fingerprint density at radius 2 is 1.80 bits per heavy atom. The Balaban J connectivity index is 1.68. The second kappa shape index (κ2) is 9.78. The smallest absolute Gasteiger partial charge is 0.282 e. The van der Waals surface area contributed by atoms with Crippen LogP contribution < -0.4 is 10.7 Å². The van der Waals surface area contributed by atoms with E-state index in [2.05, 4.69) is 15.8 Å². The maximum absolute atomic E-state index is 12.5. The lowest BCUT2D eigenvalue weighted by molar-refractivity contribution is -0.385. The van der Waals surface area contributed by atoms with Gasteiger partial charge in [0.2, 0.25) is 5.91 Å². The van der Waals surface area contributed by atoms with Crippen LogP contribution in [0, 0.1) is 16.0 Å². The average Bonchev–Trinajstić information content (AvgIpc) is 2.78. The minimum absolute atomic E-state index is 0.0335. The van der Waals surface area contributed by atoms with Crippen molar-refractivity contribution in [2.75, 3.05) is 5.32 Å². The molecule has 0 spiro atoms. The Morgan fingerprint density at radius 3 is 2.53 bits per heavy atom. The molecule has 0 unspecified atom stereocenters. The summed E-state index contributed by atoms with van der Waals surface area (Å²) < 4.78 is 0. The van der Waals surface area contributed by atoms with Gasteiger partial charge in [0, 0.05) is 17.7 Å². The number of nitrogens with one attached hydrogen (secondary N) is 2. The second-order valence-electron chi connectivity index (χ2n) is 7.32. The molecule has 0 saturated heterocycles. The number of carbonyl (C=O) groups is 2. The molecule has 0 bridgehead atoms. The molecule has 8 nitrogen and oxygen atoms in total. The van der Waals surface area contributed by atoms with Gasteiger partial charge in [0.25, 0.3) is 11.6 Å². The Kier molecular flexibility index (Phi) is 6.90. The number of nitrogens with zero attached hydrogens (tertiary/aromatic N) is 2. The minimum Gasteiger partial charge on any atom is -0.326 e. The molecule has 156 valence electrons. The first-order chi connectivity index (χ1) is 14.5. The van der Waals surface area contributed by atoms with Crippen LogP contribution in [0.2, 0.25) is 0 Å². The lowest BCUT2D eigenvalue weighted by Gasteiger charge is -2.20. The topological polar surface area (TPSA) is 114 Å². The Bertz CT molecular complexity index is 981. The predicted octanol–water partition coefficient (Wildman–Crippen LogP) is 4.27. The standard InChI is InChI=1S/C22H24N4O4/c1-15(24-25-22(28)19-12-5-6-13-20(19)26(29)30)17-10-7-11-18(14-17)23-21(27)16-8-3-2-4-9-16/h5-7,10-14,16H,2-4,8-9H2,1H3,(H,23,27)(H,25,28).